The summed E-state index contributed by atoms with van der Waals surface area (Å²) in [7, 11) is 0. The molecule has 27 heavy (non-hydrogen) atoms. The molecular weight excluding hydrogens is 348 g/mol. The van der Waals surface area contributed by atoms with Crippen molar-refractivity contribution in [1.29, 1.82) is 0 Å². The third kappa shape index (κ3) is 4.30. The van der Waals surface area contributed by atoms with E-state index in [9.17, 15) is 14.9 Å². The Balaban J connectivity index is 1.54. The maximum Gasteiger partial charge on any atom is 0.312 e. The third-order valence-electron chi connectivity index (χ3n) is 4.98. The largest absolute Gasteiger partial charge is 0.312 e. The highest BCUT2D eigenvalue weighted by Crippen LogP contribution is 2.24. The molecule has 1 saturated heterocycles. The molecule has 1 amide bonds. The number of pyridine rings is 1. The topological polar surface area (TPSA) is 106 Å². The van der Waals surface area contributed by atoms with Crippen LogP contribution in [0.3, 0.4) is 0 Å². The Labute approximate surface area is 157 Å². The second kappa shape index (κ2) is 7.83. The van der Waals surface area contributed by atoms with Gasteiger partial charge in [-0.05, 0) is 45.2 Å². The number of piperidine rings is 1. The number of amides is 1. The molecule has 0 radical (unpaired) electrons. The summed E-state index contributed by atoms with van der Waals surface area (Å²) in [6, 6.07) is 3.72. The van der Waals surface area contributed by atoms with Crippen LogP contribution in [-0.2, 0) is 11.5 Å². The van der Waals surface area contributed by atoms with Crippen molar-refractivity contribution < 1.29 is 9.72 Å². The molecule has 9 heteroatoms. The molecule has 144 valence electrons. The van der Waals surface area contributed by atoms with Crippen molar-refractivity contribution in [3.63, 3.8) is 0 Å². The van der Waals surface area contributed by atoms with E-state index in [1.165, 1.54) is 0 Å². The second-order valence-electron chi connectivity index (χ2n) is 7.02. The van der Waals surface area contributed by atoms with Crippen molar-refractivity contribution in [2.24, 2.45) is 5.92 Å². The number of nitro groups is 1. The fourth-order valence-electron chi connectivity index (χ4n) is 3.39. The number of carbonyl (C=O) groups excluding carboxylic acids is 1. The summed E-state index contributed by atoms with van der Waals surface area (Å²) in [6.07, 6.45) is 3.20. The Bertz CT molecular complexity index is 838. The van der Waals surface area contributed by atoms with Crippen molar-refractivity contribution in [3.05, 3.63) is 45.4 Å². The quantitative estimate of drug-likeness (QED) is 0.638. The van der Waals surface area contributed by atoms with Gasteiger partial charge >= 0.3 is 5.69 Å². The molecule has 3 rings (SSSR count). The molecule has 1 aliphatic rings. The first-order chi connectivity index (χ1) is 12.8. The van der Waals surface area contributed by atoms with Gasteiger partial charge in [0.1, 0.15) is 17.2 Å². The molecule has 0 aliphatic carbocycles. The molecule has 3 heterocycles. The van der Waals surface area contributed by atoms with Crippen molar-refractivity contribution in [2.75, 3.05) is 18.4 Å². The van der Waals surface area contributed by atoms with E-state index in [-0.39, 0.29) is 22.4 Å². The Kier molecular flexibility index (Phi) is 5.50. The molecule has 0 bridgehead atoms. The monoisotopic (exact) mass is 372 g/mol. The standard InChI is InChI=1S/C18H24N6O3/c1-12-4-5-16(19-10-12)20-18(25)15-6-8-22(9-7-15)11-23-14(3)17(24(26)27)13(2)21-23/h4-5,10,15H,6-9,11H2,1-3H3,(H,19,20,25). The van der Waals surface area contributed by atoms with Crippen LogP contribution >= 0.6 is 0 Å². The number of nitrogens with zero attached hydrogens (tertiary/aromatic N) is 5. The minimum atomic E-state index is -0.385. The van der Waals surface area contributed by atoms with Crippen LogP contribution in [0.1, 0.15) is 29.8 Å². The molecular formula is C18H24N6O3. The maximum atomic E-state index is 12.4. The van der Waals surface area contributed by atoms with Crippen molar-refractivity contribution in [1.82, 2.24) is 19.7 Å². The van der Waals surface area contributed by atoms with Gasteiger partial charge in [0.15, 0.2) is 0 Å². The Morgan fingerprint density at radius 1 is 1.30 bits per heavy atom. The number of anilines is 1. The van der Waals surface area contributed by atoms with Gasteiger partial charge in [0.2, 0.25) is 5.91 Å². The van der Waals surface area contributed by atoms with E-state index < -0.39 is 0 Å². The summed E-state index contributed by atoms with van der Waals surface area (Å²) in [5, 5.41) is 18.3. The first kappa shape index (κ1) is 19.0. The Morgan fingerprint density at radius 3 is 2.56 bits per heavy atom. The van der Waals surface area contributed by atoms with Gasteiger partial charge in [-0.15, -0.1) is 0 Å². The first-order valence-electron chi connectivity index (χ1n) is 8.99. The van der Waals surface area contributed by atoms with Crippen molar-refractivity contribution in [3.8, 4) is 0 Å². The van der Waals surface area contributed by atoms with Gasteiger partial charge in [-0.3, -0.25) is 19.8 Å². The molecule has 9 nitrogen and oxygen atoms in total. The number of nitrogens with one attached hydrogen (secondary N) is 1. The van der Waals surface area contributed by atoms with Crippen LogP contribution in [0.5, 0.6) is 0 Å². The lowest BCUT2D eigenvalue weighted by Crippen LogP contribution is -2.39. The zero-order chi connectivity index (χ0) is 19.6. The smallest absolute Gasteiger partial charge is 0.310 e. The minimum Gasteiger partial charge on any atom is -0.310 e. The molecule has 1 N–H and O–H groups in total. The molecule has 0 atom stereocenters. The van der Waals surface area contributed by atoms with Gasteiger partial charge in [0, 0.05) is 25.2 Å². The van der Waals surface area contributed by atoms with Gasteiger partial charge in [-0.2, -0.15) is 5.10 Å². The van der Waals surface area contributed by atoms with Crippen LogP contribution in [-0.4, -0.2) is 43.6 Å². The molecule has 1 aliphatic heterocycles. The lowest BCUT2D eigenvalue weighted by Gasteiger charge is -2.31. The average molecular weight is 372 g/mol. The first-order valence-corrected chi connectivity index (χ1v) is 8.99. The van der Waals surface area contributed by atoms with E-state index in [1.807, 2.05) is 13.0 Å². The van der Waals surface area contributed by atoms with Crippen LogP contribution in [0.15, 0.2) is 18.3 Å². The molecule has 2 aromatic heterocycles. The maximum absolute atomic E-state index is 12.4. The summed E-state index contributed by atoms with van der Waals surface area (Å²) >= 11 is 0. The fraction of sp³-hybridized carbons (Fsp3) is 0.500. The van der Waals surface area contributed by atoms with E-state index in [0.717, 1.165) is 31.5 Å². The predicted octanol–water partition coefficient (Wildman–Crippen LogP) is 2.42. The number of aromatic nitrogens is 3. The fourth-order valence-corrected chi connectivity index (χ4v) is 3.39. The van der Waals surface area contributed by atoms with E-state index in [4.69, 9.17) is 0 Å². The molecule has 1 fully saturated rings. The van der Waals surface area contributed by atoms with Crippen LogP contribution < -0.4 is 5.32 Å². The molecule has 0 unspecified atom stereocenters. The van der Waals surface area contributed by atoms with Crippen molar-refractivity contribution in [2.45, 2.75) is 40.3 Å². The lowest BCUT2D eigenvalue weighted by molar-refractivity contribution is -0.386. The second-order valence-corrected chi connectivity index (χ2v) is 7.02. The SMILES string of the molecule is Cc1ccc(NC(=O)C2CCN(Cn3nc(C)c([N+](=O)[O-])c3C)CC2)nc1. The summed E-state index contributed by atoms with van der Waals surface area (Å²) in [5.41, 5.74) is 2.11. The van der Waals surface area contributed by atoms with E-state index in [1.54, 1.807) is 30.8 Å². The zero-order valence-corrected chi connectivity index (χ0v) is 15.8. The van der Waals surface area contributed by atoms with Gasteiger partial charge in [0.25, 0.3) is 0 Å². The number of likely N-dealkylation sites (tertiary alicyclic amines) is 1. The van der Waals surface area contributed by atoms with E-state index in [0.29, 0.717) is 23.9 Å². The minimum absolute atomic E-state index is 0.00671. The number of carbonyl (C=O) groups is 1. The molecule has 0 aromatic carbocycles. The van der Waals surface area contributed by atoms with Gasteiger partial charge in [-0.1, -0.05) is 6.07 Å². The van der Waals surface area contributed by atoms with E-state index in [2.05, 4.69) is 20.3 Å². The van der Waals surface area contributed by atoms with Crippen molar-refractivity contribution >= 4 is 17.4 Å². The van der Waals surface area contributed by atoms with Crippen LogP contribution in [0.4, 0.5) is 11.5 Å². The number of hydrogen-bond acceptors (Lipinski definition) is 6. The predicted molar refractivity (Wildman–Crippen MR) is 100 cm³/mol. The van der Waals surface area contributed by atoms with Gasteiger partial charge < -0.3 is 5.32 Å². The molecule has 0 saturated carbocycles. The molecule has 0 spiro atoms. The lowest BCUT2D eigenvalue weighted by atomic mass is 9.96. The van der Waals surface area contributed by atoms with Crippen LogP contribution in [0.2, 0.25) is 0 Å². The Morgan fingerprint density at radius 2 is 2.00 bits per heavy atom. The van der Waals surface area contributed by atoms with Crippen LogP contribution in [0.25, 0.3) is 0 Å². The highest BCUT2D eigenvalue weighted by Gasteiger charge is 2.27. The third-order valence-corrected chi connectivity index (χ3v) is 4.98. The van der Waals surface area contributed by atoms with E-state index >= 15 is 0 Å². The number of rotatable bonds is 5. The van der Waals surface area contributed by atoms with Gasteiger partial charge in [-0.25, -0.2) is 9.67 Å². The number of hydrogen-bond donors (Lipinski definition) is 1. The summed E-state index contributed by atoms with van der Waals surface area (Å²) in [5.74, 6) is 0.509. The normalized spacial score (nSPS) is 15.7. The zero-order valence-electron chi connectivity index (χ0n) is 15.8. The number of aryl methyl sites for hydroxylation is 2. The average Bonchev–Trinajstić information content (AvgIpc) is 2.91. The Hall–Kier alpha value is -2.81. The van der Waals surface area contributed by atoms with Crippen LogP contribution in [0, 0.1) is 36.8 Å². The summed E-state index contributed by atoms with van der Waals surface area (Å²) in [4.78, 5) is 29.5. The molecule has 2 aromatic rings. The summed E-state index contributed by atoms with van der Waals surface area (Å²) in [6.45, 7) is 7.29. The summed E-state index contributed by atoms with van der Waals surface area (Å²) < 4.78 is 1.67. The van der Waals surface area contributed by atoms with Gasteiger partial charge in [0.05, 0.1) is 11.6 Å². The highest BCUT2D eigenvalue weighted by molar-refractivity contribution is 5.91. The highest BCUT2D eigenvalue weighted by atomic mass is 16.6.